The standard InChI is InChI=1S/C26H23ClN2O2S/c1-15-9-16(2)12-20(11-15)28-23-24(32-22-7-5-19(27)6-8-22)26(31)29(25(23)30)21-13-17(3)10-18(4)14-21/h5-14,28H,1-4H3. The molecule has 1 aliphatic rings. The SMILES string of the molecule is Cc1cc(C)cc(NC2=C(Sc3ccc(Cl)cc3)C(=O)N(c3cc(C)cc(C)c3)C2=O)c1. The summed E-state index contributed by atoms with van der Waals surface area (Å²) < 4.78 is 0. The summed E-state index contributed by atoms with van der Waals surface area (Å²) in [6.45, 7) is 7.90. The van der Waals surface area contributed by atoms with Crippen LogP contribution < -0.4 is 10.2 Å². The van der Waals surface area contributed by atoms with Crippen molar-refractivity contribution >= 4 is 46.6 Å². The quantitative estimate of drug-likeness (QED) is 0.436. The highest BCUT2D eigenvalue weighted by atomic mass is 35.5. The molecule has 3 aromatic carbocycles. The zero-order chi connectivity index (χ0) is 23.0. The second-order valence-electron chi connectivity index (χ2n) is 8.05. The number of nitrogens with zero attached hydrogens (tertiary/aromatic N) is 1. The molecule has 3 aromatic rings. The molecule has 0 saturated heterocycles. The molecule has 0 unspecified atom stereocenters. The van der Waals surface area contributed by atoms with E-state index in [1.807, 2.05) is 70.2 Å². The van der Waals surface area contributed by atoms with Gasteiger partial charge in [0.2, 0.25) is 0 Å². The number of carbonyl (C=O) groups is 2. The fourth-order valence-electron chi connectivity index (χ4n) is 3.84. The summed E-state index contributed by atoms with van der Waals surface area (Å²) >= 11 is 7.28. The third-order valence-electron chi connectivity index (χ3n) is 5.03. The van der Waals surface area contributed by atoms with Crippen LogP contribution in [0.3, 0.4) is 0 Å². The molecule has 1 heterocycles. The van der Waals surface area contributed by atoms with Crippen LogP contribution in [0.2, 0.25) is 5.02 Å². The molecule has 1 aliphatic heterocycles. The van der Waals surface area contributed by atoms with Crippen molar-refractivity contribution in [2.24, 2.45) is 0 Å². The Balaban J connectivity index is 1.78. The first-order valence-electron chi connectivity index (χ1n) is 10.2. The summed E-state index contributed by atoms with van der Waals surface area (Å²) in [7, 11) is 0. The Hall–Kier alpha value is -3.02. The first-order chi connectivity index (χ1) is 15.2. The Morgan fingerprint density at radius 1 is 0.750 bits per heavy atom. The third-order valence-corrected chi connectivity index (χ3v) is 6.37. The fourth-order valence-corrected chi connectivity index (χ4v) is 4.89. The molecule has 4 rings (SSSR count). The van der Waals surface area contributed by atoms with Crippen molar-refractivity contribution in [2.75, 3.05) is 10.2 Å². The van der Waals surface area contributed by atoms with E-state index in [0.717, 1.165) is 32.8 Å². The number of rotatable bonds is 5. The maximum Gasteiger partial charge on any atom is 0.283 e. The maximum atomic E-state index is 13.5. The van der Waals surface area contributed by atoms with Crippen molar-refractivity contribution in [1.29, 1.82) is 0 Å². The van der Waals surface area contributed by atoms with E-state index in [4.69, 9.17) is 11.6 Å². The van der Waals surface area contributed by atoms with Crippen molar-refractivity contribution < 1.29 is 9.59 Å². The van der Waals surface area contributed by atoms with E-state index in [1.165, 1.54) is 16.7 Å². The first-order valence-corrected chi connectivity index (χ1v) is 11.4. The summed E-state index contributed by atoms with van der Waals surface area (Å²) in [6, 6.07) is 18.9. The van der Waals surface area contributed by atoms with Crippen LogP contribution >= 0.6 is 23.4 Å². The minimum atomic E-state index is -0.365. The number of imide groups is 1. The molecule has 0 fully saturated rings. The highest BCUT2D eigenvalue weighted by Gasteiger charge is 2.40. The molecule has 0 bridgehead atoms. The van der Waals surface area contributed by atoms with Gasteiger partial charge < -0.3 is 5.32 Å². The molecule has 1 N–H and O–H groups in total. The molecule has 6 heteroatoms. The minimum absolute atomic E-state index is 0.277. The number of carbonyl (C=O) groups excluding carboxylic acids is 2. The van der Waals surface area contributed by atoms with Crippen LogP contribution in [-0.2, 0) is 9.59 Å². The molecule has 0 aromatic heterocycles. The minimum Gasteiger partial charge on any atom is -0.350 e. The Bertz CT molecular complexity index is 1220. The predicted octanol–water partition coefficient (Wildman–Crippen LogP) is 6.56. The number of aryl methyl sites for hydroxylation is 4. The molecule has 0 spiro atoms. The van der Waals surface area contributed by atoms with E-state index in [-0.39, 0.29) is 17.5 Å². The van der Waals surface area contributed by atoms with E-state index >= 15 is 0 Å². The number of thioether (sulfide) groups is 1. The van der Waals surface area contributed by atoms with Crippen molar-refractivity contribution in [3.63, 3.8) is 0 Å². The van der Waals surface area contributed by atoms with Gasteiger partial charge in [0.05, 0.1) is 5.69 Å². The topological polar surface area (TPSA) is 49.4 Å². The van der Waals surface area contributed by atoms with Crippen LogP contribution in [0, 0.1) is 27.7 Å². The Morgan fingerprint density at radius 2 is 1.28 bits per heavy atom. The number of hydrogen-bond acceptors (Lipinski definition) is 4. The lowest BCUT2D eigenvalue weighted by molar-refractivity contribution is -0.120. The van der Waals surface area contributed by atoms with Crippen LogP contribution in [0.25, 0.3) is 0 Å². The zero-order valence-corrected chi connectivity index (χ0v) is 19.9. The highest BCUT2D eigenvalue weighted by molar-refractivity contribution is 8.04. The molecule has 4 nitrogen and oxygen atoms in total. The smallest absolute Gasteiger partial charge is 0.283 e. The largest absolute Gasteiger partial charge is 0.350 e. The zero-order valence-electron chi connectivity index (χ0n) is 18.3. The highest BCUT2D eigenvalue weighted by Crippen LogP contribution is 2.38. The van der Waals surface area contributed by atoms with Gasteiger partial charge in [-0.05, 0) is 98.5 Å². The molecule has 2 amide bonds. The van der Waals surface area contributed by atoms with Gasteiger partial charge in [0.25, 0.3) is 11.8 Å². The molecule has 0 aliphatic carbocycles. The fraction of sp³-hybridized carbons (Fsp3) is 0.154. The van der Waals surface area contributed by atoms with Gasteiger partial charge in [0.1, 0.15) is 10.6 Å². The van der Waals surface area contributed by atoms with Crippen LogP contribution in [0.15, 0.2) is 76.2 Å². The van der Waals surface area contributed by atoms with Crippen molar-refractivity contribution in [3.05, 3.63) is 98.5 Å². The van der Waals surface area contributed by atoms with Gasteiger partial charge in [-0.1, -0.05) is 35.5 Å². The Morgan fingerprint density at radius 3 is 1.84 bits per heavy atom. The Labute approximate surface area is 197 Å². The summed E-state index contributed by atoms with van der Waals surface area (Å²) in [5, 5.41) is 3.85. The molecule has 32 heavy (non-hydrogen) atoms. The van der Waals surface area contributed by atoms with Gasteiger partial charge >= 0.3 is 0 Å². The second-order valence-corrected chi connectivity index (χ2v) is 9.57. The lowest BCUT2D eigenvalue weighted by Gasteiger charge is -2.17. The molecule has 162 valence electrons. The Kier molecular flexibility index (Phi) is 6.13. The number of nitrogens with one attached hydrogen (secondary N) is 1. The van der Waals surface area contributed by atoms with Gasteiger partial charge in [-0.25, -0.2) is 4.90 Å². The second kappa shape index (κ2) is 8.85. The van der Waals surface area contributed by atoms with Crippen LogP contribution in [0.1, 0.15) is 22.3 Å². The molecular weight excluding hydrogens is 440 g/mol. The van der Waals surface area contributed by atoms with Crippen LogP contribution in [0.5, 0.6) is 0 Å². The van der Waals surface area contributed by atoms with Gasteiger partial charge in [0.15, 0.2) is 0 Å². The maximum absolute atomic E-state index is 13.5. The average Bonchev–Trinajstić information content (AvgIpc) is 2.92. The lowest BCUT2D eigenvalue weighted by atomic mass is 10.1. The van der Waals surface area contributed by atoms with E-state index < -0.39 is 0 Å². The number of benzene rings is 3. The number of hydrogen-bond donors (Lipinski definition) is 1. The normalized spacial score (nSPS) is 13.8. The van der Waals surface area contributed by atoms with Gasteiger partial charge in [-0.15, -0.1) is 0 Å². The van der Waals surface area contributed by atoms with Crippen molar-refractivity contribution in [1.82, 2.24) is 0 Å². The van der Waals surface area contributed by atoms with Crippen LogP contribution in [0.4, 0.5) is 11.4 Å². The average molecular weight is 463 g/mol. The van der Waals surface area contributed by atoms with Crippen molar-refractivity contribution in [2.45, 2.75) is 32.6 Å². The number of amides is 2. The summed E-state index contributed by atoms with van der Waals surface area (Å²) in [4.78, 5) is 29.5. The summed E-state index contributed by atoms with van der Waals surface area (Å²) in [6.07, 6.45) is 0. The molecule has 0 saturated carbocycles. The monoisotopic (exact) mass is 462 g/mol. The van der Waals surface area contributed by atoms with Gasteiger partial charge in [-0.2, -0.15) is 0 Å². The third kappa shape index (κ3) is 4.59. The number of halogens is 1. The predicted molar refractivity (Wildman–Crippen MR) is 132 cm³/mol. The number of anilines is 2. The summed E-state index contributed by atoms with van der Waals surface area (Å²) in [5.41, 5.74) is 5.75. The van der Waals surface area contributed by atoms with Gasteiger partial charge in [0, 0.05) is 15.6 Å². The lowest BCUT2D eigenvalue weighted by Crippen LogP contribution is -2.32. The van der Waals surface area contributed by atoms with Gasteiger partial charge in [-0.3, -0.25) is 9.59 Å². The molecular formula is C26H23ClN2O2S. The van der Waals surface area contributed by atoms with E-state index in [9.17, 15) is 9.59 Å². The van der Waals surface area contributed by atoms with Crippen molar-refractivity contribution in [3.8, 4) is 0 Å². The van der Waals surface area contributed by atoms with E-state index in [2.05, 4.69) is 11.4 Å². The van der Waals surface area contributed by atoms with E-state index in [1.54, 1.807) is 12.1 Å². The van der Waals surface area contributed by atoms with E-state index in [0.29, 0.717) is 15.6 Å². The first kappa shape index (κ1) is 22.2. The molecule has 0 atom stereocenters. The van der Waals surface area contributed by atoms with Crippen LogP contribution in [-0.4, -0.2) is 11.8 Å². The molecule has 0 radical (unpaired) electrons. The summed E-state index contributed by atoms with van der Waals surface area (Å²) in [5.74, 6) is -0.706.